The molecule has 0 saturated carbocycles. The summed E-state index contributed by atoms with van der Waals surface area (Å²) >= 11 is 6.14. The first-order chi connectivity index (χ1) is 17.1. The number of methoxy groups -OCH3 is 1. The Hall–Kier alpha value is -3.36. The lowest BCUT2D eigenvalue weighted by Crippen LogP contribution is -2.52. The van der Waals surface area contributed by atoms with Gasteiger partial charge in [0.2, 0.25) is 5.12 Å². The van der Waals surface area contributed by atoms with Crippen LogP contribution >= 0.6 is 11.6 Å². The third-order valence-electron chi connectivity index (χ3n) is 5.51. The van der Waals surface area contributed by atoms with Crippen molar-refractivity contribution in [2.45, 2.75) is 36.6 Å². The van der Waals surface area contributed by atoms with Crippen molar-refractivity contribution in [1.82, 2.24) is 4.90 Å². The zero-order valence-electron chi connectivity index (χ0n) is 19.3. The fraction of sp³-hybridized carbons (Fsp3) is 0.409. The number of hydrogen-bond acceptors (Lipinski definition) is 13. The van der Waals surface area contributed by atoms with Crippen molar-refractivity contribution in [2.75, 3.05) is 20.4 Å². The van der Waals surface area contributed by atoms with Crippen LogP contribution in [0.5, 0.6) is 11.5 Å². The SMILES string of the molecule is COc1cc(C=CC(=O)OC[C@H]2O[C@@H](N3CN=C4C3=NC=NC4(N)Cl)[C@H](O)[C@@H]2O)ccc1OC(C)=O. The van der Waals surface area contributed by atoms with Gasteiger partial charge in [0.15, 0.2) is 23.6 Å². The molecule has 3 heterocycles. The number of carbonyl (C=O) groups excluding carboxylic acids is 2. The molecule has 4 rings (SSSR count). The lowest BCUT2D eigenvalue weighted by molar-refractivity contribution is -0.144. The Bertz CT molecular complexity index is 1170. The maximum Gasteiger partial charge on any atom is 0.330 e. The maximum absolute atomic E-state index is 12.2. The molecule has 36 heavy (non-hydrogen) atoms. The first-order valence-corrected chi connectivity index (χ1v) is 11.1. The average molecular weight is 522 g/mol. The van der Waals surface area contributed by atoms with E-state index in [0.717, 1.165) is 0 Å². The Morgan fingerprint density at radius 1 is 1.33 bits per heavy atom. The number of aliphatic hydroxyl groups is 2. The summed E-state index contributed by atoms with van der Waals surface area (Å²) in [7, 11) is 1.42. The molecule has 14 heteroatoms. The van der Waals surface area contributed by atoms with Gasteiger partial charge in [-0.2, -0.15) is 0 Å². The van der Waals surface area contributed by atoms with Crippen LogP contribution in [0.2, 0.25) is 0 Å². The third kappa shape index (κ3) is 5.24. The van der Waals surface area contributed by atoms with E-state index < -0.39 is 41.6 Å². The highest BCUT2D eigenvalue weighted by atomic mass is 35.5. The molecule has 0 aromatic heterocycles. The summed E-state index contributed by atoms with van der Waals surface area (Å²) in [5.41, 5.74) is 6.70. The molecule has 0 bridgehead atoms. The van der Waals surface area contributed by atoms with Gasteiger partial charge in [0.25, 0.3) is 0 Å². The topological polar surface area (TPSA) is 178 Å². The number of halogens is 1. The molecule has 3 aliphatic heterocycles. The normalized spacial score (nSPS) is 29.1. The van der Waals surface area contributed by atoms with Gasteiger partial charge in [0, 0.05) is 13.0 Å². The minimum Gasteiger partial charge on any atom is -0.493 e. The standard InChI is InChI=1S/C22H24ClN5O8/c1-11(29)35-13-5-3-12(7-14(13)33-2)4-6-16(30)34-8-15-17(31)18(32)21(36-15)28-10-26-19-20(28)25-9-27-22(19,23)24/h3-7,9,15,17-18,21,31-32H,8,10,24H2,1-2H3/t15-,17-,18-,21-,22?/m1/s1. The minimum atomic E-state index is -1.58. The summed E-state index contributed by atoms with van der Waals surface area (Å²) in [6, 6.07) is 4.73. The number of alkyl halides is 1. The molecular formula is C22H24ClN5O8. The van der Waals surface area contributed by atoms with Crippen molar-refractivity contribution in [2.24, 2.45) is 20.7 Å². The van der Waals surface area contributed by atoms with Gasteiger partial charge < -0.3 is 34.1 Å². The van der Waals surface area contributed by atoms with E-state index in [4.69, 9.17) is 36.3 Å². The number of hydrogen-bond donors (Lipinski definition) is 3. The summed E-state index contributed by atoms with van der Waals surface area (Å²) < 4.78 is 21.2. The molecule has 192 valence electrons. The van der Waals surface area contributed by atoms with Gasteiger partial charge in [-0.15, -0.1) is 0 Å². The van der Waals surface area contributed by atoms with Crippen LogP contribution in [0.3, 0.4) is 0 Å². The number of benzene rings is 1. The number of carbonyl (C=O) groups is 2. The first kappa shape index (κ1) is 25.7. The average Bonchev–Trinajstić information content (AvgIpc) is 3.38. The van der Waals surface area contributed by atoms with E-state index in [1.54, 1.807) is 12.1 Å². The van der Waals surface area contributed by atoms with Gasteiger partial charge in [-0.3, -0.25) is 15.5 Å². The van der Waals surface area contributed by atoms with E-state index in [-0.39, 0.29) is 30.6 Å². The van der Waals surface area contributed by atoms with Crippen molar-refractivity contribution in [3.63, 3.8) is 0 Å². The molecule has 0 radical (unpaired) electrons. The largest absolute Gasteiger partial charge is 0.493 e. The molecule has 13 nitrogen and oxygen atoms in total. The Kier molecular flexibility index (Phi) is 7.38. The fourth-order valence-electron chi connectivity index (χ4n) is 3.78. The van der Waals surface area contributed by atoms with E-state index in [9.17, 15) is 19.8 Å². The molecule has 0 spiro atoms. The van der Waals surface area contributed by atoms with Gasteiger partial charge in [0.05, 0.1) is 7.11 Å². The monoisotopic (exact) mass is 521 g/mol. The predicted molar refractivity (Wildman–Crippen MR) is 128 cm³/mol. The van der Waals surface area contributed by atoms with Gasteiger partial charge in [-0.1, -0.05) is 17.7 Å². The molecule has 5 atom stereocenters. The zero-order chi connectivity index (χ0) is 26.0. The Morgan fingerprint density at radius 3 is 2.83 bits per heavy atom. The van der Waals surface area contributed by atoms with Crippen LogP contribution in [0.15, 0.2) is 39.3 Å². The number of fused-ring (bicyclic) bond motifs is 1. The highest BCUT2D eigenvalue weighted by Gasteiger charge is 2.50. The summed E-state index contributed by atoms with van der Waals surface area (Å²) in [4.78, 5) is 37.1. The van der Waals surface area contributed by atoms with Crippen molar-refractivity contribution >= 4 is 47.5 Å². The van der Waals surface area contributed by atoms with Gasteiger partial charge in [-0.25, -0.2) is 14.8 Å². The van der Waals surface area contributed by atoms with Crippen molar-refractivity contribution in [1.29, 1.82) is 0 Å². The van der Waals surface area contributed by atoms with Crippen LogP contribution < -0.4 is 15.2 Å². The van der Waals surface area contributed by atoms with Crippen LogP contribution in [0.25, 0.3) is 6.08 Å². The van der Waals surface area contributed by atoms with Crippen LogP contribution in [0, 0.1) is 0 Å². The fourth-order valence-corrected chi connectivity index (χ4v) is 3.97. The summed E-state index contributed by atoms with van der Waals surface area (Å²) in [6.07, 6.45) is -0.886. The molecule has 1 fully saturated rings. The molecule has 3 aliphatic rings. The van der Waals surface area contributed by atoms with Crippen molar-refractivity contribution < 1.29 is 38.7 Å². The van der Waals surface area contributed by atoms with Crippen molar-refractivity contribution in [3.05, 3.63) is 29.8 Å². The van der Waals surface area contributed by atoms with Crippen molar-refractivity contribution in [3.8, 4) is 11.5 Å². The molecular weight excluding hydrogens is 498 g/mol. The van der Waals surface area contributed by atoms with E-state index in [1.165, 1.54) is 43.5 Å². The highest BCUT2D eigenvalue weighted by molar-refractivity contribution is 6.56. The van der Waals surface area contributed by atoms with Gasteiger partial charge >= 0.3 is 11.9 Å². The molecule has 4 N–H and O–H groups in total. The Balaban J connectivity index is 1.34. The first-order valence-electron chi connectivity index (χ1n) is 10.7. The second-order valence-electron chi connectivity index (χ2n) is 8.00. The summed E-state index contributed by atoms with van der Waals surface area (Å²) in [5, 5.41) is 19.4. The van der Waals surface area contributed by atoms with E-state index in [1.807, 2.05) is 0 Å². The Labute approximate surface area is 210 Å². The maximum atomic E-state index is 12.2. The van der Waals surface area contributed by atoms with Crippen LogP contribution in [0.1, 0.15) is 12.5 Å². The number of rotatable bonds is 7. The number of nitrogens with zero attached hydrogens (tertiary/aromatic N) is 4. The molecule has 0 amide bonds. The highest BCUT2D eigenvalue weighted by Crippen LogP contribution is 2.31. The smallest absolute Gasteiger partial charge is 0.330 e. The lowest BCUT2D eigenvalue weighted by Gasteiger charge is -2.30. The van der Waals surface area contributed by atoms with E-state index in [2.05, 4.69) is 15.0 Å². The van der Waals surface area contributed by atoms with Gasteiger partial charge in [0.1, 0.15) is 43.6 Å². The van der Waals surface area contributed by atoms with E-state index in [0.29, 0.717) is 11.3 Å². The number of aliphatic hydroxyl groups excluding tert-OH is 2. The predicted octanol–water partition coefficient (Wildman–Crippen LogP) is -0.371. The summed E-state index contributed by atoms with van der Waals surface area (Å²) in [5.74, 6) is -0.368. The number of amidine groups is 1. The molecule has 1 aromatic rings. The number of esters is 2. The number of aliphatic imine (C=N–C) groups is 3. The Morgan fingerprint density at radius 2 is 2.11 bits per heavy atom. The molecule has 0 aliphatic carbocycles. The second-order valence-corrected chi connectivity index (χ2v) is 8.58. The van der Waals surface area contributed by atoms with Crippen LogP contribution in [0.4, 0.5) is 0 Å². The number of ether oxygens (including phenoxy) is 4. The quantitative estimate of drug-likeness (QED) is 0.141. The second kappa shape index (κ2) is 10.3. The summed E-state index contributed by atoms with van der Waals surface area (Å²) in [6.45, 7) is 0.986. The lowest BCUT2D eigenvalue weighted by atomic mass is 10.1. The third-order valence-corrected chi connectivity index (χ3v) is 5.79. The van der Waals surface area contributed by atoms with Crippen LogP contribution in [-0.4, -0.2) is 95.0 Å². The minimum absolute atomic E-state index is 0.0343. The zero-order valence-corrected chi connectivity index (χ0v) is 20.0. The molecule has 1 saturated heterocycles. The van der Waals surface area contributed by atoms with Gasteiger partial charge in [-0.05, 0) is 23.8 Å². The molecule has 1 aromatic carbocycles. The van der Waals surface area contributed by atoms with E-state index >= 15 is 0 Å². The number of nitrogens with two attached hydrogens (primary N) is 1. The van der Waals surface area contributed by atoms with Crippen LogP contribution in [-0.2, 0) is 19.1 Å². The molecule has 1 unspecified atom stereocenters.